The van der Waals surface area contributed by atoms with Gasteiger partial charge in [0, 0.05) is 17.0 Å². The van der Waals surface area contributed by atoms with Crippen LogP contribution in [0.1, 0.15) is 28.8 Å². The van der Waals surface area contributed by atoms with Gasteiger partial charge >= 0.3 is 5.69 Å². The fourth-order valence-electron chi connectivity index (χ4n) is 3.61. The van der Waals surface area contributed by atoms with Crippen molar-refractivity contribution in [3.8, 4) is 0 Å². The topological polar surface area (TPSA) is 127 Å². The van der Waals surface area contributed by atoms with Crippen molar-refractivity contribution in [3.63, 3.8) is 0 Å². The predicted molar refractivity (Wildman–Crippen MR) is 110 cm³/mol. The molecular weight excluding hydrogens is 396 g/mol. The third-order valence-electron chi connectivity index (χ3n) is 5.10. The number of aromatic nitrogens is 2. The number of amides is 1. The summed E-state index contributed by atoms with van der Waals surface area (Å²) < 4.78 is 0.881. The maximum absolute atomic E-state index is 13.0. The van der Waals surface area contributed by atoms with E-state index >= 15 is 0 Å². The Morgan fingerprint density at radius 2 is 2.07 bits per heavy atom. The van der Waals surface area contributed by atoms with Crippen LogP contribution in [-0.4, -0.2) is 20.4 Å². The van der Waals surface area contributed by atoms with E-state index in [1.165, 1.54) is 29.5 Å². The molecule has 29 heavy (non-hydrogen) atoms. The van der Waals surface area contributed by atoms with E-state index in [0.717, 1.165) is 40.7 Å². The number of rotatable bonds is 4. The average molecular weight is 414 g/mol. The summed E-state index contributed by atoms with van der Waals surface area (Å²) >= 11 is 1.43. The third-order valence-corrected chi connectivity index (χ3v) is 6.31. The standard InChI is InChI=1S/C19H18N4O5S/c1-10-6-7-11(23(27)28)8-13(10)20-15(24)9-22-18(25)16-12-4-2-3-5-14(12)29-17(16)21-19(22)26/h6-8H,2-5,9H2,1H3,(H,20,24)(H,21,26). The Bertz CT molecular complexity index is 1270. The normalized spacial score (nSPS) is 13.3. The van der Waals surface area contributed by atoms with Gasteiger partial charge in [0.15, 0.2) is 0 Å². The molecular formula is C19H18N4O5S. The Hall–Kier alpha value is -3.27. The number of carbonyl (C=O) groups excluding carboxylic acids is 1. The number of nitro groups is 1. The van der Waals surface area contributed by atoms with Gasteiger partial charge in [-0.3, -0.25) is 29.3 Å². The number of aryl methyl sites for hydroxylation is 3. The number of nitrogens with one attached hydrogen (secondary N) is 2. The molecule has 1 aliphatic rings. The lowest BCUT2D eigenvalue weighted by Crippen LogP contribution is -2.38. The smallest absolute Gasteiger partial charge is 0.324 e. The highest BCUT2D eigenvalue weighted by atomic mass is 32.1. The molecule has 2 aromatic heterocycles. The van der Waals surface area contributed by atoms with Crippen molar-refractivity contribution >= 4 is 38.8 Å². The van der Waals surface area contributed by atoms with Crippen LogP contribution in [0.15, 0.2) is 27.8 Å². The number of nitrogens with zero attached hydrogens (tertiary/aromatic N) is 2. The fraction of sp³-hybridized carbons (Fsp3) is 0.316. The first-order valence-electron chi connectivity index (χ1n) is 9.17. The van der Waals surface area contributed by atoms with E-state index in [1.807, 2.05) is 0 Å². The van der Waals surface area contributed by atoms with E-state index in [4.69, 9.17) is 0 Å². The highest BCUT2D eigenvalue weighted by molar-refractivity contribution is 7.18. The predicted octanol–water partition coefficient (Wildman–Crippen LogP) is 2.49. The Balaban J connectivity index is 1.67. The van der Waals surface area contributed by atoms with Crippen LogP contribution < -0.4 is 16.6 Å². The number of nitro benzene ring substituents is 1. The molecule has 0 fully saturated rings. The van der Waals surface area contributed by atoms with Gasteiger partial charge in [-0.05, 0) is 43.7 Å². The van der Waals surface area contributed by atoms with Gasteiger partial charge < -0.3 is 5.32 Å². The SMILES string of the molecule is Cc1ccc([N+](=O)[O-])cc1NC(=O)Cn1c(=O)[nH]c2sc3c(c2c1=O)CCCC3. The molecule has 9 nitrogen and oxygen atoms in total. The van der Waals surface area contributed by atoms with Crippen LogP contribution in [0.2, 0.25) is 0 Å². The van der Waals surface area contributed by atoms with Crippen molar-refractivity contribution in [2.45, 2.75) is 39.2 Å². The number of benzene rings is 1. The maximum atomic E-state index is 13.0. The van der Waals surface area contributed by atoms with Crippen molar-refractivity contribution in [1.29, 1.82) is 0 Å². The molecule has 0 bridgehead atoms. The van der Waals surface area contributed by atoms with Gasteiger partial charge in [-0.25, -0.2) is 4.79 Å². The molecule has 0 saturated heterocycles. The number of anilines is 1. The van der Waals surface area contributed by atoms with Crippen LogP contribution in [-0.2, 0) is 24.2 Å². The van der Waals surface area contributed by atoms with E-state index in [2.05, 4.69) is 10.3 Å². The summed E-state index contributed by atoms with van der Waals surface area (Å²) in [5, 5.41) is 14.0. The van der Waals surface area contributed by atoms with E-state index < -0.39 is 28.6 Å². The van der Waals surface area contributed by atoms with E-state index in [0.29, 0.717) is 15.8 Å². The molecule has 0 atom stereocenters. The zero-order valence-corrected chi connectivity index (χ0v) is 16.4. The molecule has 150 valence electrons. The van der Waals surface area contributed by atoms with Crippen LogP contribution in [0.5, 0.6) is 0 Å². The van der Waals surface area contributed by atoms with E-state index in [-0.39, 0.29) is 11.4 Å². The van der Waals surface area contributed by atoms with Crippen LogP contribution in [0.4, 0.5) is 11.4 Å². The largest absolute Gasteiger partial charge is 0.329 e. The van der Waals surface area contributed by atoms with Crippen LogP contribution in [0, 0.1) is 17.0 Å². The fourth-order valence-corrected chi connectivity index (χ4v) is 4.88. The highest BCUT2D eigenvalue weighted by Crippen LogP contribution is 2.33. The number of thiophene rings is 1. The summed E-state index contributed by atoms with van der Waals surface area (Å²) in [6, 6.07) is 4.11. The molecule has 3 aromatic rings. The lowest BCUT2D eigenvalue weighted by Gasteiger charge is -2.11. The second kappa shape index (κ2) is 7.28. The van der Waals surface area contributed by atoms with Gasteiger partial charge in [-0.15, -0.1) is 11.3 Å². The van der Waals surface area contributed by atoms with Crippen LogP contribution in [0.25, 0.3) is 10.2 Å². The molecule has 0 spiro atoms. The Morgan fingerprint density at radius 1 is 1.31 bits per heavy atom. The zero-order chi connectivity index (χ0) is 20.7. The minimum Gasteiger partial charge on any atom is -0.324 e. The number of carbonyl (C=O) groups is 1. The lowest BCUT2D eigenvalue weighted by atomic mass is 9.97. The Labute approximate surface area is 168 Å². The van der Waals surface area contributed by atoms with E-state index in [1.54, 1.807) is 6.92 Å². The van der Waals surface area contributed by atoms with Gasteiger partial charge in [0.05, 0.1) is 16.0 Å². The monoisotopic (exact) mass is 414 g/mol. The van der Waals surface area contributed by atoms with Crippen molar-refractivity contribution in [3.05, 3.63) is 65.2 Å². The molecule has 1 aliphatic carbocycles. The molecule has 2 heterocycles. The maximum Gasteiger partial charge on any atom is 0.329 e. The summed E-state index contributed by atoms with van der Waals surface area (Å²) in [6.07, 6.45) is 3.73. The number of fused-ring (bicyclic) bond motifs is 3. The summed E-state index contributed by atoms with van der Waals surface area (Å²) in [4.78, 5) is 52.6. The average Bonchev–Trinajstić information content (AvgIpc) is 3.04. The third kappa shape index (κ3) is 3.46. The molecule has 1 aromatic carbocycles. The second-order valence-electron chi connectivity index (χ2n) is 7.04. The van der Waals surface area contributed by atoms with Crippen LogP contribution >= 0.6 is 11.3 Å². The minimum atomic E-state index is -0.646. The molecule has 0 unspecified atom stereocenters. The molecule has 0 aliphatic heterocycles. The number of hydrogen-bond acceptors (Lipinski definition) is 6. The first-order valence-corrected chi connectivity index (χ1v) is 9.99. The van der Waals surface area contributed by atoms with Gasteiger partial charge in [-0.1, -0.05) is 6.07 Å². The zero-order valence-electron chi connectivity index (χ0n) is 15.6. The number of non-ortho nitro benzene ring substituents is 1. The minimum absolute atomic E-state index is 0.160. The highest BCUT2D eigenvalue weighted by Gasteiger charge is 2.21. The van der Waals surface area contributed by atoms with E-state index in [9.17, 15) is 24.5 Å². The van der Waals surface area contributed by atoms with Crippen molar-refractivity contribution in [1.82, 2.24) is 9.55 Å². The van der Waals surface area contributed by atoms with Gasteiger partial charge in [0.1, 0.15) is 11.4 Å². The Kier molecular flexibility index (Phi) is 4.79. The summed E-state index contributed by atoms with van der Waals surface area (Å²) in [7, 11) is 0. The van der Waals surface area contributed by atoms with Gasteiger partial charge in [0.2, 0.25) is 5.91 Å². The van der Waals surface area contributed by atoms with Crippen molar-refractivity contribution in [2.24, 2.45) is 0 Å². The van der Waals surface area contributed by atoms with Crippen molar-refractivity contribution in [2.75, 3.05) is 5.32 Å². The summed E-state index contributed by atoms with van der Waals surface area (Å²) in [5.41, 5.74) is 0.588. The molecule has 0 radical (unpaired) electrons. The molecule has 2 N–H and O–H groups in total. The number of hydrogen-bond donors (Lipinski definition) is 2. The Morgan fingerprint density at radius 3 is 2.83 bits per heavy atom. The van der Waals surface area contributed by atoms with Crippen molar-refractivity contribution < 1.29 is 9.72 Å². The summed E-state index contributed by atoms with van der Waals surface area (Å²) in [6.45, 7) is 1.22. The molecule has 10 heteroatoms. The quantitative estimate of drug-likeness (QED) is 0.501. The molecule has 1 amide bonds. The first kappa shape index (κ1) is 19.1. The molecule has 4 rings (SSSR count). The first-order chi connectivity index (χ1) is 13.8. The van der Waals surface area contributed by atoms with Gasteiger partial charge in [0.25, 0.3) is 11.2 Å². The summed E-state index contributed by atoms with van der Waals surface area (Å²) in [5.74, 6) is -0.607. The number of H-pyrrole nitrogens is 1. The lowest BCUT2D eigenvalue weighted by molar-refractivity contribution is -0.384. The number of aromatic amines is 1. The molecule has 0 saturated carbocycles. The van der Waals surface area contributed by atoms with Gasteiger partial charge in [-0.2, -0.15) is 0 Å². The van der Waals surface area contributed by atoms with Crippen LogP contribution in [0.3, 0.4) is 0 Å². The second-order valence-corrected chi connectivity index (χ2v) is 8.15.